The molecule has 0 aliphatic carbocycles. The number of benzene rings is 2. The number of carboxylic acid groups (broad SMARTS) is 1. The Kier molecular flexibility index (Phi) is 8.80. The fourth-order valence-corrected chi connectivity index (χ4v) is 4.34. The van der Waals surface area contributed by atoms with E-state index in [9.17, 15) is 28.6 Å². The molecule has 0 radical (unpaired) electrons. The maximum absolute atomic E-state index is 13.6. The fourth-order valence-electron chi connectivity index (χ4n) is 4.34. The molecule has 9 heteroatoms. The number of carbonyl (C=O) groups excluding carboxylic acids is 1. The van der Waals surface area contributed by atoms with Crippen molar-refractivity contribution in [3.05, 3.63) is 64.7 Å². The van der Waals surface area contributed by atoms with Gasteiger partial charge >= 0.3 is 5.97 Å². The number of fused-ring (bicyclic) bond motifs is 1. The minimum absolute atomic E-state index is 0.0518. The number of halogens is 2. The lowest BCUT2D eigenvalue weighted by Crippen LogP contribution is -2.48. The molecule has 2 aromatic carbocycles. The van der Waals surface area contributed by atoms with E-state index >= 15 is 0 Å². The summed E-state index contributed by atoms with van der Waals surface area (Å²) in [6.07, 6.45) is -0.354. The highest BCUT2D eigenvalue weighted by Crippen LogP contribution is 2.36. The lowest BCUT2D eigenvalue weighted by molar-refractivity contribution is -0.141. The van der Waals surface area contributed by atoms with Crippen LogP contribution >= 0.6 is 0 Å². The summed E-state index contributed by atoms with van der Waals surface area (Å²) in [4.78, 5) is 23.1. The fraction of sp³-hybridized carbons (Fsp3) is 0.462. The molecule has 190 valence electrons. The molecule has 0 saturated carbocycles. The zero-order valence-electron chi connectivity index (χ0n) is 20.1. The minimum Gasteiger partial charge on any atom is -0.493 e. The summed E-state index contributed by atoms with van der Waals surface area (Å²) in [6, 6.07) is 7.83. The van der Waals surface area contributed by atoms with Gasteiger partial charge in [0.1, 0.15) is 17.4 Å². The van der Waals surface area contributed by atoms with Gasteiger partial charge in [0.15, 0.2) is 0 Å². The van der Waals surface area contributed by atoms with Crippen LogP contribution in [0.25, 0.3) is 0 Å². The van der Waals surface area contributed by atoms with Crippen LogP contribution in [-0.4, -0.2) is 47.4 Å². The molecule has 7 nitrogen and oxygen atoms in total. The molecule has 5 unspecified atom stereocenters. The molecular formula is C26H32F2N2O5. The van der Waals surface area contributed by atoms with E-state index in [1.165, 1.54) is 19.1 Å². The number of aliphatic carboxylic acids is 1. The van der Waals surface area contributed by atoms with Crippen molar-refractivity contribution in [2.75, 3.05) is 13.2 Å². The Balaban J connectivity index is 1.73. The Morgan fingerprint density at radius 2 is 1.83 bits per heavy atom. The molecule has 1 aliphatic heterocycles. The molecule has 1 amide bonds. The number of ether oxygens (including phenoxy) is 1. The number of carbonyl (C=O) groups is 2. The van der Waals surface area contributed by atoms with E-state index in [1.54, 1.807) is 6.92 Å². The minimum atomic E-state index is -1.04. The molecule has 0 aromatic heterocycles. The first kappa shape index (κ1) is 26.6. The summed E-state index contributed by atoms with van der Waals surface area (Å²) in [7, 11) is 0. The quantitative estimate of drug-likeness (QED) is 0.407. The van der Waals surface area contributed by atoms with Gasteiger partial charge in [-0.2, -0.15) is 0 Å². The van der Waals surface area contributed by atoms with Crippen LogP contribution in [0.15, 0.2) is 36.4 Å². The average Bonchev–Trinajstić information content (AvgIpc) is 2.79. The number of hydrogen-bond donors (Lipinski definition) is 4. The molecule has 4 N–H and O–H groups in total. The van der Waals surface area contributed by atoms with Crippen molar-refractivity contribution in [3.8, 4) is 5.75 Å². The molecule has 5 atom stereocenters. The van der Waals surface area contributed by atoms with Gasteiger partial charge in [-0.1, -0.05) is 26.0 Å². The predicted molar refractivity (Wildman–Crippen MR) is 126 cm³/mol. The van der Waals surface area contributed by atoms with Crippen LogP contribution in [-0.2, 0) is 16.0 Å². The number of amides is 1. The number of carboxylic acids is 1. The number of aliphatic hydroxyl groups is 1. The third-order valence-electron chi connectivity index (χ3n) is 6.54. The van der Waals surface area contributed by atoms with Crippen molar-refractivity contribution in [3.63, 3.8) is 0 Å². The van der Waals surface area contributed by atoms with Crippen LogP contribution in [0.2, 0.25) is 0 Å². The molecule has 0 spiro atoms. The monoisotopic (exact) mass is 490 g/mol. The molecule has 1 aliphatic rings. The number of nitrogens with one attached hydrogen (secondary N) is 2. The van der Waals surface area contributed by atoms with E-state index in [0.717, 1.165) is 17.2 Å². The second-order valence-corrected chi connectivity index (χ2v) is 9.17. The van der Waals surface area contributed by atoms with E-state index in [2.05, 4.69) is 10.6 Å². The van der Waals surface area contributed by atoms with Gasteiger partial charge in [-0.05, 0) is 41.7 Å². The first-order valence-corrected chi connectivity index (χ1v) is 11.7. The number of rotatable bonds is 10. The Hall–Kier alpha value is -3.04. The van der Waals surface area contributed by atoms with E-state index in [1.807, 2.05) is 25.1 Å². The van der Waals surface area contributed by atoms with Crippen LogP contribution in [0.5, 0.6) is 5.75 Å². The lowest BCUT2D eigenvalue weighted by atomic mass is 9.86. The van der Waals surface area contributed by atoms with Crippen molar-refractivity contribution in [2.24, 2.45) is 5.92 Å². The normalized spacial score (nSPS) is 18.5. The van der Waals surface area contributed by atoms with Gasteiger partial charge < -0.3 is 25.6 Å². The largest absolute Gasteiger partial charge is 0.493 e. The van der Waals surface area contributed by atoms with Gasteiger partial charge in [0.25, 0.3) is 0 Å². The number of hydrogen-bond acceptors (Lipinski definition) is 5. The molecule has 1 heterocycles. The summed E-state index contributed by atoms with van der Waals surface area (Å²) in [5.74, 6) is -2.76. The van der Waals surface area contributed by atoms with Crippen LogP contribution in [0.3, 0.4) is 0 Å². The summed E-state index contributed by atoms with van der Waals surface area (Å²) in [5, 5.41) is 26.2. The van der Waals surface area contributed by atoms with E-state index in [-0.39, 0.29) is 30.8 Å². The SMILES string of the molecule is CC(=O)NC(Cc1cc(F)cc(F)c1)C(O)CNC1CCOc2ccc(C(C)C(C)C(=O)O)cc21. The van der Waals surface area contributed by atoms with Crippen molar-refractivity contribution in [1.82, 2.24) is 10.6 Å². The van der Waals surface area contributed by atoms with E-state index in [0.29, 0.717) is 24.3 Å². The maximum atomic E-state index is 13.6. The summed E-state index contributed by atoms with van der Waals surface area (Å²) in [5.41, 5.74) is 2.07. The van der Waals surface area contributed by atoms with Crippen molar-refractivity contribution in [1.29, 1.82) is 0 Å². The molecule has 0 bridgehead atoms. The smallest absolute Gasteiger partial charge is 0.306 e. The molecule has 0 fully saturated rings. The summed E-state index contributed by atoms with van der Waals surface area (Å²) in [6.45, 7) is 5.43. The van der Waals surface area contributed by atoms with Crippen molar-refractivity contribution >= 4 is 11.9 Å². The summed E-state index contributed by atoms with van der Waals surface area (Å²) >= 11 is 0. The topological polar surface area (TPSA) is 108 Å². The first-order valence-electron chi connectivity index (χ1n) is 11.7. The first-order chi connectivity index (χ1) is 16.5. The van der Waals surface area contributed by atoms with Gasteiger partial charge in [0.2, 0.25) is 5.91 Å². The molecule has 2 aromatic rings. The molecular weight excluding hydrogens is 458 g/mol. The Morgan fingerprint density at radius 1 is 1.14 bits per heavy atom. The van der Waals surface area contributed by atoms with Gasteiger partial charge in [-0.15, -0.1) is 0 Å². The van der Waals surface area contributed by atoms with Crippen LogP contribution in [0.4, 0.5) is 8.78 Å². The standard InChI is InChI=1S/C26H32F2N2O5/c1-14(15(2)26(33)34)18-4-5-25-21(11-18)22(6-7-35-25)29-13-24(32)23(30-16(3)31)10-17-8-19(27)12-20(28)9-17/h4-5,8-9,11-12,14-15,22-24,29,32H,6-7,10,13H2,1-3H3,(H,30,31)(H,33,34). The third kappa shape index (κ3) is 6.99. The van der Waals surface area contributed by atoms with Crippen LogP contribution in [0.1, 0.15) is 55.8 Å². The zero-order valence-corrected chi connectivity index (χ0v) is 20.1. The Labute approximate surface area is 203 Å². The van der Waals surface area contributed by atoms with Gasteiger partial charge in [-0.3, -0.25) is 9.59 Å². The maximum Gasteiger partial charge on any atom is 0.306 e. The third-order valence-corrected chi connectivity index (χ3v) is 6.54. The van der Waals surface area contributed by atoms with Crippen molar-refractivity contribution < 1.29 is 33.3 Å². The zero-order chi connectivity index (χ0) is 25.7. The van der Waals surface area contributed by atoms with Gasteiger partial charge in [-0.25, -0.2) is 8.78 Å². The highest BCUT2D eigenvalue weighted by atomic mass is 19.1. The highest BCUT2D eigenvalue weighted by molar-refractivity contribution is 5.73. The molecule has 35 heavy (non-hydrogen) atoms. The van der Waals surface area contributed by atoms with Crippen LogP contribution < -0.4 is 15.4 Å². The molecule has 3 rings (SSSR count). The van der Waals surface area contributed by atoms with Gasteiger partial charge in [0, 0.05) is 37.6 Å². The average molecular weight is 491 g/mol. The van der Waals surface area contributed by atoms with E-state index in [4.69, 9.17) is 4.74 Å². The lowest BCUT2D eigenvalue weighted by Gasteiger charge is -2.31. The summed E-state index contributed by atoms with van der Waals surface area (Å²) < 4.78 is 33.0. The molecule has 0 saturated heterocycles. The van der Waals surface area contributed by atoms with E-state index < -0.39 is 35.7 Å². The van der Waals surface area contributed by atoms with Crippen LogP contribution in [0, 0.1) is 17.6 Å². The Morgan fingerprint density at radius 3 is 2.46 bits per heavy atom. The second-order valence-electron chi connectivity index (χ2n) is 9.17. The predicted octanol–water partition coefficient (Wildman–Crippen LogP) is 3.31. The number of aliphatic hydroxyl groups excluding tert-OH is 1. The van der Waals surface area contributed by atoms with Crippen molar-refractivity contribution in [2.45, 2.75) is 57.7 Å². The second kappa shape index (κ2) is 11.6. The van der Waals surface area contributed by atoms with Gasteiger partial charge in [0.05, 0.1) is 24.7 Å². The Bertz CT molecular complexity index is 1040. The highest BCUT2D eigenvalue weighted by Gasteiger charge is 2.28.